The molecule has 0 fully saturated rings. The maximum absolute atomic E-state index is 6.31. The first-order valence-electron chi connectivity index (χ1n) is 17.6. The minimum absolute atomic E-state index is 0.0567. The largest absolute Gasteiger partial charge is 0.456 e. The minimum atomic E-state index is -0.176. The van der Waals surface area contributed by atoms with Crippen LogP contribution in [0.25, 0.3) is 55.3 Å². The molecule has 2 aliphatic rings. The van der Waals surface area contributed by atoms with Crippen LogP contribution in [0.5, 0.6) is 0 Å². The summed E-state index contributed by atoms with van der Waals surface area (Å²) >= 11 is 0. The van der Waals surface area contributed by atoms with Crippen molar-refractivity contribution in [3.63, 3.8) is 0 Å². The molecule has 0 amide bonds. The molecule has 0 aliphatic heterocycles. The second kappa shape index (κ2) is 10.3. The Labute approximate surface area is 293 Å². The van der Waals surface area contributed by atoms with Gasteiger partial charge in [0.2, 0.25) is 0 Å². The first-order valence-corrected chi connectivity index (χ1v) is 17.6. The van der Waals surface area contributed by atoms with Crippen LogP contribution in [0.3, 0.4) is 0 Å². The molecule has 2 nitrogen and oxygen atoms in total. The van der Waals surface area contributed by atoms with Crippen LogP contribution in [-0.2, 0) is 10.8 Å². The predicted molar refractivity (Wildman–Crippen MR) is 209 cm³/mol. The van der Waals surface area contributed by atoms with E-state index in [0.717, 1.165) is 38.9 Å². The fourth-order valence-corrected chi connectivity index (χ4v) is 9.11. The number of benzene rings is 7. The number of para-hydroxylation sites is 1. The van der Waals surface area contributed by atoms with Gasteiger partial charge in [0.1, 0.15) is 11.2 Å². The molecule has 0 saturated heterocycles. The first kappa shape index (κ1) is 29.1. The zero-order chi connectivity index (χ0) is 33.8. The van der Waals surface area contributed by atoms with E-state index in [4.69, 9.17) is 4.42 Å². The van der Waals surface area contributed by atoms with Gasteiger partial charge in [0, 0.05) is 33.0 Å². The predicted octanol–water partition coefficient (Wildman–Crippen LogP) is 13.3. The SMILES string of the molecule is CC1(C)c2ccccc2-c2cc(N(c3cccc(-c4cccc5oc6ccccc6c45)c3)c3cccc4c3C(C)(C)c3ccccc3-4)ccc21. The lowest BCUT2D eigenvalue weighted by atomic mass is 9.81. The second-order valence-corrected chi connectivity index (χ2v) is 14.9. The molecule has 0 saturated carbocycles. The zero-order valence-electron chi connectivity index (χ0n) is 28.8. The summed E-state index contributed by atoms with van der Waals surface area (Å²) in [5.41, 5.74) is 18.2. The molecular weight excluding hydrogens is 607 g/mol. The molecule has 0 N–H and O–H groups in total. The lowest BCUT2D eigenvalue weighted by Crippen LogP contribution is -2.21. The molecule has 240 valence electrons. The van der Waals surface area contributed by atoms with Crippen molar-refractivity contribution in [2.45, 2.75) is 38.5 Å². The van der Waals surface area contributed by atoms with Crippen LogP contribution < -0.4 is 4.90 Å². The molecule has 2 heteroatoms. The molecule has 0 spiro atoms. The van der Waals surface area contributed by atoms with Crippen molar-refractivity contribution in [1.82, 2.24) is 0 Å². The van der Waals surface area contributed by atoms with Crippen LogP contribution in [0.15, 0.2) is 156 Å². The van der Waals surface area contributed by atoms with Gasteiger partial charge < -0.3 is 9.32 Å². The smallest absolute Gasteiger partial charge is 0.136 e. The monoisotopic (exact) mass is 643 g/mol. The highest BCUT2D eigenvalue weighted by molar-refractivity contribution is 6.12. The molecule has 0 bridgehead atoms. The van der Waals surface area contributed by atoms with Crippen molar-refractivity contribution in [3.8, 4) is 33.4 Å². The lowest BCUT2D eigenvalue weighted by Gasteiger charge is -2.33. The van der Waals surface area contributed by atoms with E-state index in [1.54, 1.807) is 0 Å². The standard InChI is InChI=1S/C48H37NO/c1-47(2)39-21-8-6-17-35(39)38-29-32(26-27-41(38)47)49(42-23-12-20-36-34-16-5-9-22-40(34)48(3,4)46(36)42)31-15-11-14-30(28-31)33-19-13-25-44-45(33)37-18-7-10-24-43(37)50-44/h5-29H,1-4H3. The Kier molecular flexibility index (Phi) is 6.01. The molecule has 0 unspecified atom stereocenters. The second-order valence-electron chi connectivity index (χ2n) is 14.9. The van der Waals surface area contributed by atoms with Gasteiger partial charge in [-0.15, -0.1) is 0 Å². The Hall–Kier alpha value is -5.86. The molecule has 50 heavy (non-hydrogen) atoms. The van der Waals surface area contributed by atoms with Crippen molar-refractivity contribution >= 4 is 39.0 Å². The number of fused-ring (bicyclic) bond motifs is 9. The summed E-state index contributed by atoms with van der Waals surface area (Å²) in [6.45, 7) is 9.45. The average Bonchev–Trinajstić information content (AvgIpc) is 3.72. The molecule has 8 aromatic rings. The number of hydrogen-bond acceptors (Lipinski definition) is 2. The number of anilines is 3. The molecule has 0 atom stereocenters. The maximum atomic E-state index is 6.31. The summed E-state index contributed by atoms with van der Waals surface area (Å²) in [4.78, 5) is 2.50. The van der Waals surface area contributed by atoms with Gasteiger partial charge in [-0.3, -0.25) is 0 Å². The van der Waals surface area contributed by atoms with E-state index in [1.807, 2.05) is 6.07 Å². The Morgan fingerprint density at radius 2 is 1.04 bits per heavy atom. The van der Waals surface area contributed by atoms with Gasteiger partial charge >= 0.3 is 0 Å². The average molecular weight is 644 g/mol. The summed E-state index contributed by atoms with van der Waals surface area (Å²) in [5.74, 6) is 0. The topological polar surface area (TPSA) is 16.4 Å². The van der Waals surface area contributed by atoms with E-state index in [9.17, 15) is 0 Å². The number of hydrogen-bond donors (Lipinski definition) is 0. The van der Waals surface area contributed by atoms with Gasteiger partial charge in [-0.2, -0.15) is 0 Å². The van der Waals surface area contributed by atoms with Gasteiger partial charge in [0.05, 0.1) is 5.69 Å². The van der Waals surface area contributed by atoms with Gasteiger partial charge in [0.15, 0.2) is 0 Å². The van der Waals surface area contributed by atoms with Crippen molar-refractivity contribution in [2.75, 3.05) is 4.90 Å². The quantitative estimate of drug-likeness (QED) is 0.190. The van der Waals surface area contributed by atoms with E-state index >= 15 is 0 Å². The van der Waals surface area contributed by atoms with Crippen molar-refractivity contribution < 1.29 is 4.42 Å². The highest BCUT2D eigenvalue weighted by Gasteiger charge is 2.40. The fraction of sp³-hybridized carbons (Fsp3) is 0.125. The number of rotatable bonds is 4. The summed E-state index contributed by atoms with van der Waals surface area (Å²) in [6.07, 6.45) is 0. The van der Waals surface area contributed by atoms with Gasteiger partial charge in [0.25, 0.3) is 0 Å². The van der Waals surface area contributed by atoms with Crippen LogP contribution in [0.4, 0.5) is 17.1 Å². The molecule has 7 aromatic carbocycles. The number of furan rings is 1. The van der Waals surface area contributed by atoms with Gasteiger partial charge in [-0.1, -0.05) is 137 Å². The molecular formula is C48H37NO. The van der Waals surface area contributed by atoms with E-state index in [1.165, 1.54) is 55.8 Å². The first-order chi connectivity index (χ1) is 24.3. The third-order valence-electron chi connectivity index (χ3n) is 11.4. The van der Waals surface area contributed by atoms with Crippen LogP contribution in [0, 0.1) is 0 Å². The lowest BCUT2D eigenvalue weighted by molar-refractivity contribution is 0.660. The summed E-state index contributed by atoms with van der Waals surface area (Å²) in [6, 6.07) is 55.6. The van der Waals surface area contributed by atoms with E-state index in [0.29, 0.717) is 0 Å². The molecule has 10 rings (SSSR count). The molecule has 0 radical (unpaired) electrons. The van der Waals surface area contributed by atoms with Crippen LogP contribution in [0.2, 0.25) is 0 Å². The molecule has 2 aliphatic carbocycles. The maximum Gasteiger partial charge on any atom is 0.136 e. The molecule has 1 aromatic heterocycles. The van der Waals surface area contributed by atoms with E-state index < -0.39 is 0 Å². The Bertz CT molecular complexity index is 2670. The highest BCUT2D eigenvalue weighted by atomic mass is 16.3. The third kappa shape index (κ3) is 3.96. The minimum Gasteiger partial charge on any atom is -0.456 e. The zero-order valence-corrected chi connectivity index (χ0v) is 28.8. The van der Waals surface area contributed by atoms with E-state index in [2.05, 4.69) is 178 Å². The summed E-state index contributed by atoms with van der Waals surface area (Å²) in [5, 5.41) is 2.29. The molecule has 1 heterocycles. The Balaban J connectivity index is 1.23. The summed E-state index contributed by atoms with van der Waals surface area (Å²) < 4.78 is 6.31. The van der Waals surface area contributed by atoms with Crippen LogP contribution >= 0.6 is 0 Å². The van der Waals surface area contributed by atoms with Crippen molar-refractivity contribution in [2.24, 2.45) is 0 Å². The highest BCUT2D eigenvalue weighted by Crippen LogP contribution is 2.56. The third-order valence-corrected chi connectivity index (χ3v) is 11.4. The Morgan fingerprint density at radius 1 is 0.440 bits per heavy atom. The van der Waals surface area contributed by atoms with Gasteiger partial charge in [-0.25, -0.2) is 0 Å². The van der Waals surface area contributed by atoms with Crippen LogP contribution in [-0.4, -0.2) is 0 Å². The normalized spacial score (nSPS) is 14.7. The Morgan fingerprint density at radius 3 is 1.88 bits per heavy atom. The van der Waals surface area contributed by atoms with E-state index in [-0.39, 0.29) is 10.8 Å². The summed E-state index contributed by atoms with van der Waals surface area (Å²) in [7, 11) is 0. The number of nitrogens with zero attached hydrogens (tertiary/aromatic N) is 1. The van der Waals surface area contributed by atoms with Crippen LogP contribution in [0.1, 0.15) is 49.9 Å². The fourth-order valence-electron chi connectivity index (χ4n) is 9.11. The van der Waals surface area contributed by atoms with Crippen molar-refractivity contribution in [3.05, 3.63) is 174 Å². The van der Waals surface area contributed by atoms with Crippen molar-refractivity contribution in [1.29, 1.82) is 0 Å². The van der Waals surface area contributed by atoms with Gasteiger partial charge in [-0.05, 0) is 98.1 Å².